The molecule has 2 amide bonds. The number of rotatable bonds is 5. The van der Waals surface area contributed by atoms with Gasteiger partial charge in [0.25, 0.3) is 11.8 Å². The monoisotopic (exact) mass is 378 g/mol. The number of ether oxygens (including phenoxy) is 2. The molecule has 1 aliphatic rings. The normalized spacial score (nSPS) is 14.9. The fourth-order valence-corrected chi connectivity index (χ4v) is 2.76. The minimum absolute atomic E-state index is 0.135. The summed E-state index contributed by atoms with van der Waals surface area (Å²) in [6.45, 7) is 0.445. The summed E-state index contributed by atoms with van der Waals surface area (Å²) in [5.74, 6) is 1.29. The average molecular weight is 378 g/mol. The number of carbonyl (C=O) groups excluding carboxylic acids is 2. The fraction of sp³-hybridized carbons (Fsp3) is 0.143. The van der Waals surface area contributed by atoms with Crippen molar-refractivity contribution in [1.29, 1.82) is 0 Å². The van der Waals surface area contributed by atoms with Gasteiger partial charge in [0.1, 0.15) is 12.4 Å². The molecular formula is C21H18N2O5. The van der Waals surface area contributed by atoms with Gasteiger partial charge in [0, 0.05) is 11.3 Å². The van der Waals surface area contributed by atoms with E-state index in [1.54, 1.807) is 54.8 Å². The lowest BCUT2D eigenvalue weighted by Crippen LogP contribution is -2.40. The van der Waals surface area contributed by atoms with Gasteiger partial charge >= 0.3 is 0 Å². The van der Waals surface area contributed by atoms with E-state index >= 15 is 0 Å². The molecule has 2 aromatic carbocycles. The molecule has 7 heteroatoms. The quantitative estimate of drug-likeness (QED) is 0.712. The van der Waals surface area contributed by atoms with E-state index in [4.69, 9.17) is 13.9 Å². The lowest BCUT2D eigenvalue weighted by atomic mass is 10.2. The summed E-state index contributed by atoms with van der Waals surface area (Å²) in [6.07, 6.45) is 0.810. The molecule has 0 aliphatic carbocycles. The standard InChI is InChI=1S/C21H18N2O5/c24-20(22-12-16-4-3-11-26-16)14-7-9-15(10-8-14)23-21(25)19-13-27-17-5-1-2-6-18(17)28-19/h1-11,19H,12-13H2,(H,22,24)(H,23,25)/t19-/m1/s1. The van der Waals surface area contributed by atoms with E-state index in [2.05, 4.69) is 10.6 Å². The predicted octanol–water partition coefficient (Wildman–Crippen LogP) is 2.99. The van der Waals surface area contributed by atoms with Crippen molar-refractivity contribution in [2.24, 2.45) is 0 Å². The maximum Gasteiger partial charge on any atom is 0.269 e. The molecule has 0 saturated carbocycles. The van der Waals surface area contributed by atoms with Crippen molar-refractivity contribution in [3.63, 3.8) is 0 Å². The third kappa shape index (κ3) is 3.98. The highest BCUT2D eigenvalue weighted by Gasteiger charge is 2.27. The van der Waals surface area contributed by atoms with E-state index in [1.165, 1.54) is 0 Å². The molecule has 1 aromatic heterocycles. The van der Waals surface area contributed by atoms with Crippen LogP contribution in [0, 0.1) is 0 Å². The van der Waals surface area contributed by atoms with Crippen molar-refractivity contribution in [2.45, 2.75) is 12.6 Å². The summed E-state index contributed by atoms with van der Waals surface area (Å²) in [6, 6.07) is 17.4. The lowest BCUT2D eigenvalue weighted by Gasteiger charge is -2.25. The molecule has 0 spiro atoms. The summed E-state index contributed by atoms with van der Waals surface area (Å²) in [5, 5.41) is 5.54. The third-order valence-electron chi connectivity index (χ3n) is 4.22. The van der Waals surface area contributed by atoms with Gasteiger partial charge in [-0.25, -0.2) is 0 Å². The molecule has 2 N–H and O–H groups in total. The van der Waals surface area contributed by atoms with Crippen molar-refractivity contribution in [3.8, 4) is 11.5 Å². The second kappa shape index (κ2) is 7.87. The highest BCUT2D eigenvalue weighted by atomic mass is 16.6. The van der Waals surface area contributed by atoms with E-state index in [9.17, 15) is 9.59 Å². The molecule has 0 unspecified atom stereocenters. The molecule has 28 heavy (non-hydrogen) atoms. The Labute approximate surface area is 161 Å². The first-order chi connectivity index (χ1) is 13.7. The Morgan fingerprint density at radius 2 is 1.75 bits per heavy atom. The van der Waals surface area contributed by atoms with Crippen LogP contribution in [0.1, 0.15) is 16.1 Å². The van der Waals surface area contributed by atoms with Crippen LogP contribution in [0.3, 0.4) is 0 Å². The Hall–Kier alpha value is -3.74. The maximum absolute atomic E-state index is 12.4. The molecule has 2 heterocycles. The van der Waals surface area contributed by atoms with Gasteiger partial charge in [-0.05, 0) is 48.5 Å². The molecule has 0 fully saturated rings. The van der Waals surface area contributed by atoms with Crippen molar-refractivity contribution in [2.75, 3.05) is 11.9 Å². The molecule has 0 bridgehead atoms. The zero-order valence-corrected chi connectivity index (χ0v) is 14.9. The first kappa shape index (κ1) is 17.7. The Morgan fingerprint density at radius 1 is 0.964 bits per heavy atom. The summed E-state index contributed by atoms with van der Waals surface area (Å²) in [4.78, 5) is 24.6. The summed E-state index contributed by atoms with van der Waals surface area (Å²) in [7, 11) is 0. The first-order valence-electron chi connectivity index (χ1n) is 8.79. The zero-order chi connectivity index (χ0) is 19.3. The Kier molecular flexibility index (Phi) is 4.97. The van der Waals surface area contributed by atoms with Gasteiger partial charge in [-0.15, -0.1) is 0 Å². The van der Waals surface area contributed by atoms with Gasteiger partial charge in [0.05, 0.1) is 12.8 Å². The molecule has 0 saturated heterocycles. The molecule has 1 aliphatic heterocycles. The first-order valence-corrected chi connectivity index (χ1v) is 8.79. The highest BCUT2D eigenvalue weighted by Crippen LogP contribution is 2.31. The molecule has 3 aromatic rings. The van der Waals surface area contributed by atoms with Crippen LogP contribution < -0.4 is 20.1 Å². The van der Waals surface area contributed by atoms with E-state index in [1.807, 2.05) is 12.1 Å². The zero-order valence-electron chi connectivity index (χ0n) is 14.9. The van der Waals surface area contributed by atoms with Crippen molar-refractivity contribution in [1.82, 2.24) is 5.32 Å². The topological polar surface area (TPSA) is 89.8 Å². The summed E-state index contributed by atoms with van der Waals surface area (Å²) < 4.78 is 16.4. The van der Waals surface area contributed by atoms with Gasteiger partial charge < -0.3 is 24.5 Å². The van der Waals surface area contributed by atoms with Gasteiger partial charge in [-0.3, -0.25) is 9.59 Å². The van der Waals surface area contributed by atoms with Gasteiger partial charge in [0.15, 0.2) is 11.5 Å². The second-order valence-corrected chi connectivity index (χ2v) is 6.19. The number of furan rings is 1. The third-order valence-corrected chi connectivity index (χ3v) is 4.22. The number of carbonyl (C=O) groups is 2. The summed E-state index contributed by atoms with van der Waals surface area (Å²) >= 11 is 0. The Balaban J connectivity index is 1.33. The highest BCUT2D eigenvalue weighted by molar-refractivity contribution is 5.97. The minimum atomic E-state index is -0.744. The minimum Gasteiger partial charge on any atom is -0.485 e. The van der Waals surface area contributed by atoms with Crippen LogP contribution in [0.5, 0.6) is 11.5 Å². The number of para-hydroxylation sites is 2. The van der Waals surface area contributed by atoms with E-state index in [0.29, 0.717) is 35.1 Å². The van der Waals surface area contributed by atoms with Gasteiger partial charge in [0.2, 0.25) is 6.10 Å². The molecule has 1 atom stereocenters. The smallest absolute Gasteiger partial charge is 0.269 e. The number of amides is 2. The number of nitrogens with one attached hydrogen (secondary N) is 2. The SMILES string of the molecule is O=C(NCc1ccco1)c1ccc(NC(=O)[C@H]2COc3ccccc3O2)cc1. The number of anilines is 1. The molecule has 7 nitrogen and oxygen atoms in total. The number of hydrogen-bond donors (Lipinski definition) is 2. The molecular weight excluding hydrogens is 360 g/mol. The van der Waals surface area contributed by atoms with Crippen LogP contribution >= 0.6 is 0 Å². The summed E-state index contributed by atoms with van der Waals surface area (Å²) in [5.41, 5.74) is 1.05. The van der Waals surface area contributed by atoms with Crippen LogP contribution in [0.4, 0.5) is 5.69 Å². The largest absolute Gasteiger partial charge is 0.485 e. The van der Waals surface area contributed by atoms with Crippen LogP contribution in [0.25, 0.3) is 0 Å². The Bertz CT molecular complexity index is 967. The van der Waals surface area contributed by atoms with Gasteiger partial charge in [-0.1, -0.05) is 12.1 Å². The van der Waals surface area contributed by atoms with Crippen LogP contribution in [0.15, 0.2) is 71.3 Å². The molecule has 142 valence electrons. The van der Waals surface area contributed by atoms with Crippen LogP contribution in [-0.2, 0) is 11.3 Å². The molecule has 0 radical (unpaired) electrons. The van der Waals surface area contributed by atoms with Gasteiger partial charge in [-0.2, -0.15) is 0 Å². The molecule has 4 rings (SSSR count). The fourth-order valence-electron chi connectivity index (χ4n) is 2.76. The van der Waals surface area contributed by atoms with E-state index in [-0.39, 0.29) is 18.4 Å². The van der Waals surface area contributed by atoms with Crippen molar-refractivity contribution in [3.05, 3.63) is 78.3 Å². The second-order valence-electron chi connectivity index (χ2n) is 6.19. The van der Waals surface area contributed by atoms with Crippen LogP contribution in [-0.4, -0.2) is 24.5 Å². The Morgan fingerprint density at radius 3 is 2.50 bits per heavy atom. The number of fused-ring (bicyclic) bond motifs is 1. The number of benzene rings is 2. The maximum atomic E-state index is 12.4. The van der Waals surface area contributed by atoms with Crippen molar-refractivity contribution < 1.29 is 23.5 Å². The van der Waals surface area contributed by atoms with E-state index in [0.717, 1.165) is 0 Å². The average Bonchev–Trinajstić information content (AvgIpc) is 3.26. The lowest BCUT2D eigenvalue weighted by molar-refractivity contribution is -0.125. The number of hydrogen-bond acceptors (Lipinski definition) is 5. The predicted molar refractivity (Wildman–Crippen MR) is 101 cm³/mol. The van der Waals surface area contributed by atoms with Crippen LogP contribution in [0.2, 0.25) is 0 Å². The van der Waals surface area contributed by atoms with Crippen molar-refractivity contribution >= 4 is 17.5 Å². The van der Waals surface area contributed by atoms with E-state index < -0.39 is 6.10 Å².